The van der Waals surface area contributed by atoms with Gasteiger partial charge >= 0.3 is 0 Å². The molecule has 1 N–H and O–H groups in total. The van der Waals surface area contributed by atoms with Crippen LogP contribution in [0.4, 0.5) is 5.69 Å². The van der Waals surface area contributed by atoms with Crippen LogP contribution in [0.5, 0.6) is 0 Å². The van der Waals surface area contributed by atoms with Crippen LogP contribution in [0, 0.1) is 6.92 Å². The second-order valence-electron chi connectivity index (χ2n) is 9.78. The number of hydrogen-bond acceptors (Lipinski definition) is 4. The Kier molecular flexibility index (Phi) is 11.5. The summed E-state index contributed by atoms with van der Waals surface area (Å²) in [6.45, 7) is 6.82. The minimum atomic E-state index is -4.28. The van der Waals surface area contributed by atoms with E-state index >= 15 is 0 Å². The van der Waals surface area contributed by atoms with Gasteiger partial charge in [-0.25, -0.2) is 8.42 Å². The normalized spacial score (nSPS) is 12.9. The molecule has 3 aromatic carbocycles. The lowest BCUT2D eigenvalue weighted by Gasteiger charge is -2.34. The first kappa shape index (κ1) is 32.7. The van der Waals surface area contributed by atoms with Gasteiger partial charge in [-0.05, 0) is 68.7 Å². The van der Waals surface area contributed by atoms with Crippen molar-refractivity contribution in [2.45, 2.75) is 64.1 Å². The highest BCUT2D eigenvalue weighted by Crippen LogP contribution is 2.33. The van der Waals surface area contributed by atoms with Crippen molar-refractivity contribution in [3.8, 4) is 0 Å². The number of carbonyl (C=O) groups excluding carboxylic acids is 2. The average Bonchev–Trinajstić information content (AvgIpc) is 2.94. The van der Waals surface area contributed by atoms with Gasteiger partial charge < -0.3 is 10.2 Å². The first-order valence-corrected chi connectivity index (χ1v) is 15.8. The fraction of sp³-hybridized carbons (Fsp3) is 0.333. The van der Waals surface area contributed by atoms with Crippen LogP contribution in [0.2, 0.25) is 15.1 Å². The molecule has 220 valence electrons. The van der Waals surface area contributed by atoms with Crippen LogP contribution in [0.15, 0.2) is 71.6 Å². The summed E-state index contributed by atoms with van der Waals surface area (Å²) < 4.78 is 28.9. The van der Waals surface area contributed by atoms with Gasteiger partial charge in [-0.1, -0.05) is 84.5 Å². The number of nitrogens with one attached hydrogen (secondary N) is 1. The number of amides is 2. The number of sulfonamides is 1. The molecule has 7 nitrogen and oxygen atoms in total. The highest BCUT2D eigenvalue weighted by molar-refractivity contribution is 7.92. The van der Waals surface area contributed by atoms with Gasteiger partial charge in [-0.2, -0.15) is 0 Å². The lowest BCUT2D eigenvalue weighted by atomic mass is 10.1. The molecule has 0 aliphatic heterocycles. The summed E-state index contributed by atoms with van der Waals surface area (Å²) in [5.41, 5.74) is 1.53. The molecule has 0 saturated heterocycles. The van der Waals surface area contributed by atoms with Gasteiger partial charge in [0.05, 0.1) is 15.6 Å². The van der Waals surface area contributed by atoms with Crippen LogP contribution < -0.4 is 9.62 Å². The topological polar surface area (TPSA) is 86.8 Å². The fourth-order valence-electron chi connectivity index (χ4n) is 4.20. The second kappa shape index (κ2) is 14.4. The highest BCUT2D eigenvalue weighted by atomic mass is 35.5. The third-order valence-electron chi connectivity index (χ3n) is 6.75. The summed E-state index contributed by atoms with van der Waals surface area (Å²) in [5, 5.41) is 3.70. The zero-order chi connectivity index (χ0) is 30.3. The van der Waals surface area contributed by atoms with E-state index in [1.807, 2.05) is 20.8 Å². The summed E-state index contributed by atoms with van der Waals surface area (Å²) in [4.78, 5) is 28.9. The van der Waals surface area contributed by atoms with Gasteiger partial charge in [0.25, 0.3) is 10.0 Å². The van der Waals surface area contributed by atoms with E-state index in [9.17, 15) is 18.0 Å². The Morgan fingerprint density at radius 2 is 1.56 bits per heavy atom. The molecule has 11 heteroatoms. The molecule has 0 saturated carbocycles. The summed E-state index contributed by atoms with van der Waals surface area (Å²) in [7, 11) is -4.28. The predicted molar refractivity (Wildman–Crippen MR) is 166 cm³/mol. The van der Waals surface area contributed by atoms with Crippen LogP contribution in [0.1, 0.15) is 44.7 Å². The largest absolute Gasteiger partial charge is 0.352 e. The number of anilines is 1. The molecule has 2 atom stereocenters. The summed E-state index contributed by atoms with van der Waals surface area (Å²) in [6, 6.07) is 16.7. The maximum atomic E-state index is 14.2. The fourth-order valence-corrected chi connectivity index (χ4v) is 6.25. The van der Waals surface area contributed by atoms with Crippen LogP contribution in [-0.2, 0) is 26.2 Å². The second-order valence-corrected chi connectivity index (χ2v) is 12.9. The van der Waals surface area contributed by atoms with E-state index in [-0.39, 0.29) is 39.1 Å². The van der Waals surface area contributed by atoms with Crippen LogP contribution in [0.25, 0.3) is 0 Å². The molecule has 0 bridgehead atoms. The van der Waals surface area contributed by atoms with E-state index in [1.165, 1.54) is 35.2 Å². The molecule has 0 unspecified atom stereocenters. The van der Waals surface area contributed by atoms with Crippen LogP contribution in [0.3, 0.4) is 0 Å². The van der Waals surface area contributed by atoms with Crippen molar-refractivity contribution in [3.05, 3.63) is 92.9 Å². The Bertz CT molecular complexity index is 1480. The van der Waals surface area contributed by atoms with Gasteiger partial charge in [-0.15, -0.1) is 0 Å². The maximum absolute atomic E-state index is 14.2. The Labute approximate surface area is 257 Å². The molecular formula is C30H34Cl3N3O4S. The van der Waals surface area contributed by atoms with Gasteiger partial charge in [0.2, 0.25) is 11.8 Å². The third-order valence-corrected chi connectivity index (χ3v) is 9.45. The van der Waals surface area contributed by atoms with Gasteiger partial charge in [-0.3, -0.25) is 13.9 Å². The Hall–Kier alpha value is -2.78. The first-order valence-electron chi connectivity index (χ1n) is 13.3. The zero-order valence-corrected chi connectivity index (χ0v) is 26.5. The van der Waals surface area contributed by atoms with Crippen molar-refractivity contribution in [1.82, 2.24) is 10.2 Å². The number of nitrogens with zero attached hydrogens (tertiary/aromatic N) is 2. The molecule has 0 aliphatic carbocycles. The average molecular weight is 639 g/mol. The highest BCUT2D eigenvalue weighted by Gasteiger charge is 2.35. The Morgan fingerprint density at radius 3 is 2.17 bits per heavy atom. The zero-order valence-electron chi connectivity index (χ0n) is 23.4. The first-order chi connectivity index (χ1) is 19.4. The maximum Gasteiger partial charge on any atom is 0.264 e. The van der Waals surface area contributed by atoms with Gasteiger partial charge in [0.1, 0.15) is 12.6 Å². The Morgan fingerprint density at radius 1 is 0.902 bits per heavy atom. The van der Waals surface area contributed by atoms with Crippen LogP contribution in [-0.4, -0.2) is 43.8 Å². The number of hydrogen-bond donors (Lipinski definition) is 1. The molecule has 0 fully saturated rings. The molecular weight excluding hydrogens is 605 g/mol. The standard InChI is InChI=1S/C30H34Cl3N3O4S/c1-5-21(4)34-30(38)27(6-2)35(18-22-9-7-8-10-25(22)32)29(37)19-36(28-17-23(31)13-16-26(28)33)41(39,40)24-14-11-20(3)12-15-24/h7-17,21,27H,5-6,18-19H2,1-4H3,(H,34,38)/t21-,27-/m1/s1. The van der Waals surface area contributed by atoms with Crippen LogP contribution >= 0.6 is 34.8 Å². The van der Waals surface area contributed by atoms with E-state index in [0.29, 0.717) is 23.4 Å². The summed E-state index contributed by atoms with van der Waals surface area (Å²) in [6.07, 6.45) is 0.998. The number of benzene rings is 3. The minimum absolute atomic E-state index is 0.00730. The SMILES string of the molecule is CC[C@@H](C)NC(=O)[C@@H](CC)N(Cc1ccccc1Cl)C(=O)CN(c1cc(Cl)ccc1Cl)S(=O)(=O)c1ccc(C)cc1. The summed E-state index contributed by atoms with van der Waals surface area (Å²) in [5.74, 6) is -0.946. The third kappa shape index (κ3) is 8.16. The van der Waals surface area contributed by atoms with Crippen molar-refractivity contribution in [1.29, 1.82) is 0 Å². The van der Waals surface area contributed by atoms with Crippen molar-refractivity contribution < 1.29 is 18.0 Å². The quantitative estimate of drug-likeness (QED) is 0.235. The summed E-state index contributed by atoms with van der Waals surface area (Å²) >= 11 is 19.1. The molecule has 41 heavy (non-hydrogen) atoms. The molecule has 0 radical (unpaired) electrons. The number of halogens is 3. The molecule has 0 spiro atoms. The number of carbonyl (C=O) groups is 2. The minimum Gasteiger partial charge on any atom is -0.352 e. The van der Waals surface area contributed by atoms with E-state index < -0.39 is 28.5 Å². The monoisotopic (exact) mass is 637 g/mol. The Balaban J connectivity index is 2.11. The number of aryl methyl sites for hydroxylation is 1. The van der Waals surface area contributed by atoms with Gasteiger partial charge in [0.15, 0.2) is 0 Å². The predicted octanol–water partition coefficient (Wildman–Crippen LogP) is 6.87. The van der Waals surface area contributed by atoms with Crippen molar-refractivity contribution in [2.75, 3.05) is 10.8 Å². The van der Waals surface area contributed by atoms with Gasteiger partial charge in [0, 0.05) is 22.6 Å². The molecule has 3 rings (SSSR count). The lowest BCUT2D eigenvalue weighted by molar-refractivity contribution is -0.140. The molecule has 0 aromatic heterocycles. The van der Waals surface area contributed by atoms with E-state index in [1.54, 1.807) is 43.3 Å². The van der Waals surface area contributed by atoms with E-state index in [0.717, 1.165) is 9.87 Å². The van der Waals surface area contributed by atoms with Crippen molar-refractivity contribution in [2.24, 2.45) is 0 Å². The number of rotatable bonds is 12. The lowest BCUT2D eigenvalue weighted by Crippen LogP contribution is -2.53. The molecule has 0 heterocycles. The van der Waals surface area contributed by atoms with Crippen molar-refractivity contribution in [3.63, 3.8) is 0 Å². The van der Waals surface area contributed by atoms with E-state index in [2.05, 4.69) is 5.32 Å². The molecule has 3 aromatic rings. The van der Waals surface area contributed by atoms with Crippen molar-refractivity contribution >= 4 is 62.3 Å². The molecule has 2 amide bonds. The molecule has 0 aliphatic rings. The smallest absolute Gasteiger partial charge is 0.264 e. The van der Waals surface area contributed by atoms with E-state index in [4.69, 9.17) is 34.8 Å².